The van der Waals surface area contributed by atoms with Crippen molar-refractivity contribution < 1.29 is 22.3 Å². The second-order valence-corrected chi connectivity index (χ2v) is 10.1. The maximum absolute atomic E-state index is 14.5. The van der Waals surface area contributed by atoms with E-state index in [1.165, 1.54) is 6.07 Å². The van der Waals surface area contributed by atoms with Crippen molar-refractivity contribution in [2.24, 2.45) is 0 Å². The lowest BCUT2D eigenvalue weighted by molar-refractivity contribution is -0.116. The molecule has 29 heavy (non-hydrogen) atoms. The van der Waals surface area contributed by atoms with Crippen LogP contribution >= 0.6 is 0 Å². The van der Waals surface area contributed by atoms with Gasteiger partial charge in [-0.25, -0.2) is 17.5 Å². The summed E-state index contributed by atoms with van der Waals surface area (Å²) in [5.41, 5.74) is 0.911. The van der Waals surface area contributed by atoms with Gasteiger partial charge in [-0.05, 0) is 58.7 Å². The van der Waals surface area contributed by atoms with E-state index in [-0.39, 0.29) is 36.8 Å². The molecule has 0 spiro atoms. The minimum Gasteiger partial charge on any atom is -0.372 e. The quantitative estimate of drug-likeness (QED) is 0.590. The van der Waals surface area contributed by atoms with Gasteiger partial charge in [0.25, 0.3) is 0 Å². The van der Waals surface area contributed by atoms with E-state index in [9.17, 15) is 17.6 Å². The number of ether oxygens (including phenoxy) is 1. The van der Waals surface area contributed by atoms with Gasteiger partial charge in [-0.3, -0.25) is 4.79 Å². The third-order valence-electron chi connectivity index (χ3n) is 4.77. The molecule has 0 saturated carbocycles. The van der Waals surface area contributed by atoms with Crippen LogP contribution in [0.25, 0.3) is 0 Å². The molecule has 1 fully saturated rings. The van der Waals surface area contributed by atoms with E-state index < -0.39 is 21.1 Å². The predicted octanol–water partition coefficient (Wildman–Crippen LogP) is 2.88. The lowest BCUT2D eigenvalue weighted by atomic mass is 10.1. The van der Waals surface area contributed by atoms with Gasteiger partial charge in [0.05, 0.1) is 23.1 Å². The Balaban J connectivity index is 1.80. The predicted molar refractivity (Wildman–Crippen MR) is 113 cm³/mol. The number of rotatable bonds is 9. The van der Waals surface area contributed by atoms with E-state index in [0.29, 0.717) is 25.9 Å². The highest BCUT2D eigenvalue weighted by molar-refractivity contribution is 7.90. The SMILES string of the molecule is CC1CN(c2ccc(NC(=O)CCCCNS(=O)(=O)C(C)C)c(F)c2)CC(C)O1. The Kier molecular flexibility index (Phi) is 8.42. The van der Waals surface area contributed by atoms with Gasteiger partial charge in [-0.2, -0.15) is 0 Å². The summed E-state index contributed by atoms with van der Waals surface area (Å²) in [6.45, 7) is 8.85. The van der Waals surface area contributed by atoms with Gasteiger partial charge in [0, 0.05) is 31.7 Å². The summed E-state index contributed by atoms with van der Waals surface area (Å²) in [5, 5.41) is 2.10. The number of carbonyl (C=O) groups excluding carboxylic acids is 1. The number of hydrogen-bond donors (Lipinski definition) is 2. The van der Waals surface area contributed by atoms with Gasteiger partial charge in [-0.15, -0.1) is 0 Å². The number of nitrogens with zero attached hydrogens (tertiary/aromatic N) is 1. The van der Waals surface area contributed by atoms with Crippen LogP contribution in [0.15, 0.2) is 18.2 Å². The van der Waals surface area contributed by atoms with E-state index in [4.69, 9.17) is 4.74 Å². The molecule has 2 atom stereocenters. The molecule has 1 amide bonds. The third kappa shape index (κ3) is 7.24. The summed E-state index contributed by atoms with van der Waals surface area (Å²) in [5.74, 6) is -0.774. The van der Waals surface area contributed by atoms with Crippen molar-refractivity contribution in [2.75, 3.05) is 29.9 Å². The molecule has 2 unspecified atom stereocenters. The van der Waals surface area contributed by atoms with Crippen molar-refractivity contribution in [1.82, 2.24) is 4.72 Å². The van der Waals surface area contributed by atoms with Crippen LogP contribution in [0.1, 0.15) is 47.0 Å². The first-order chi connectivity index (χ1) is 13.6. The molecule has 2 rings (SSSR count). The van der Waals surface area contributed by atoms with Crippen LogP contribution in [0.4, 0.5) is 15.8 Å². The topological polar surface area (TPSA) is 87.7 Å². The van der Waals surface area contributed by atoms with Crippen LogP contribution in [-0.4, -0.2) is 51.4 Å². The summed E-state index contributed by atoms with van der Waals surface area (Å²) in [6, 6.07) is 4.80. The van der Waals surface area contributed by atoms with Crippen LogP contribution in [0, 0.1) is 5.82 Å². The molecule has 0 aromatic heterocycles. The lowest BCUT2D eigenvalue weighted by Crippen LogP contribution is -2.45. The van der Waals surface area contributed by atoms with Gasteiger partial charge >= 0.3 is 0 Å². The molecular formula is C20H32FN3O4S. The molecule has 0 bridgehead atoms. The molecule has 1 aliphatic rings. The Morgan fingerprint density at radius 3 is 2.48 bits per heavy atom. The average molecular weight is 430 g/mol. The van der Waals surface area contributed by atoms with Crippen LogP contribution in [0.2, 0.25) is 0 Å². The Labute approximate surface area is 173 Å². The summed E-state index contributed by atoms with van der Waals surface area (Å²) >= 11 is 0. The Morgan fingerprint density at radius 1 is 1.24 bits per heavy atom. The fourth-order valence-electron chi connectivity index (χ4n) is 3.20. The number of benzene rings is 1. The Hall–Kier alpha value is -1.71. The zero-order valence-electron chi connectivity index (χ0n) is 17.6. The van der Waals surface area contributed by atoms with Crippen molar-refractivity contribution in [3.05, 3.63) is 24.0 Å². The minimum absolute atomic E-state index is 0.0752. The molecule has 1 heterocycles. The number of carbonyl (C=O) groups is 1. The molecule has 2 N–H and O–H groups in total. The summed E-state index contributed by atoms with van der Waals surface area (Å²) in [6.07, 6.45) is 1.39. The zero-order valence-corrected chi connectivity index (χ0v) is 18.4. The molecule has 1 saturated heterocycles. The normalized spacial score (nSPS) is 20.1. The first kappa shape index (κ1) is 23.6. The fraction of sp³-hybridized carbons (Fsp3) is 0.650. The minimum atomic E-state index is -3.29. The number of nitrogens with one attached hydrogen (secondary N) is 2. The first-order valence-corrected chi connectivity index (χ1v) is 11.6. The molecule has 7 nitrogen and oxygen atoms in total. The lowest BCUT2D eigenvalue weighted by Gasteiger charge is -2.37. The van der Waals surface area contributed by atoms with E-state index in [1.54, 1.807) is 26.0 Å². The van der Waals surface area contributed by atoms with Crippen LogP contribution in [0.5, 0.6) is 0 Å². The van der Waals surface area contributed by atoms with Gasteiger partial charge in [0.1, 0.15) is 5.82 Å². The van der Waals surface area contributed by atoms with Crippen molar-refractivity contribution in [3.63, 3.8) is 0 Å². The van der Waals surface area contributed by atoms with E-state index >= 15 is 0 Å². The number of amides is 1. The largest absolute Gasteiger partial charge is 0.372 e. The second kappa shape index (κ2) is 10.4. The third-order valence-corrected chi connectivity index (χ3v) is 6.61. The van der Waals surface area contributed by atoms with Crippen molar-refractivity contribution in [3.8, 4) is 0 Å². The van der Waals surface area contributed by atoms with E-state index in [2.05, 4.69) is 14.9 Å². The number of morpholine rings is 1. The number of halogens is 1. The maximum Gasteiger partial charge on any atom is 0.224 e. The molecule has 1 aliphatic heterocycles. The van der Waals surface area contributed by atoms with Crippen LogP contribution in [0.3, 0.4) is 0 Å². The number of hydrogen-bond acceptors (Lipinski definition) is 5. The van der Waals surface area contributed by atoms with E-state index in [1.807, 2.05) is 13.8 Å². The number of sulfonamides is 1. The smallest absolute Gasteiger partial charge is 0.224 e. The number of anilines is 2. The second-order valence-electron chi connectivity index (χ2n) is 7.82. The average Bonchev–Trinajstić information content (AvgIpc) is 2.62. The summed E-state index contributed by atoms with van der Waals surface area (Å²) in [4.78, 5) is 14.1. The molecule has 1 aromatic carbocycles. The van der Waals surface area contributed by atoms with Crippen LogP contribution in [-0.2, 0) is 19.6 Å². The van der Waals surface area contributed by atoms with Gasteiger partial charge in [0.2, 0.25) is 15.9 Å². The first-order valence-electron chi connectivity index (χ1n) is 10.1. The highest BCUT2D eigenvalue weighted by Gasteiger charge is 2.23. The molecule has 9 heteroatoms. The van der Waals surface area contributed by atoms with Gasteiger partial charge < -0.3 is 15.0 Å². The van der Waals surface area contributed by atoms with E-state index in [0.717, 1.165) is 5.69 Å². The van der Waals surface area contributed by atoms with Gasteiger partial charge in [-0.1, -0.05) is 0 Å². The zero-order chi connectivity index (χ0) is 21.6. The molecule has 164 valence electrons. The summed E-state index contributed by atoms with van der Waals surface area (Å²) in [7, 11) is -3.29. The van der Waals surface area contributed by atoms with Gasteiger partial charge in [0.15, 0.2) is 0 Å². The Morgan fingerprint density at radius 2 is 1.90 bits per heavy atom. The van der Waals surface area contributed by atoms with Crippen molar-refractivity contribution >= 4 is 27.3 Å². The maximum atomic E-state index is 14.5. The molecule has 1 aromatic rings. The standard InChI is InChI=1S/C20H32FN3O4S/c1-14(2)29(26,27)22-10-6-5-7-20(25)23-19-9-8-17(11-18(19)21)24-12-15(3)28-16(4)13-24/h8-9,11,14-16,22H,5-7,10,12-13H2,1-4H3,(H,23,25). The summed E-state index contributed by atoms with van der Waals surface area (Å²) < 4.78 is 45.9. The molecule has 0 aliphatic carbocycles. The highest BCUT2D eigenvalue weighted by atomic mass is 32.2. The van der Waals surface area contributed by atoms with Crippen molar-refractivity contribution in [1.29, 1.82) is 0 Å². The monoisotopic (exact) mass is 429 g/mol. The molecule has 0 radical (unpaired) electrons. The molecular weight excluding hydrogens is 397 g/mol. The van der Waals surface area contributed by atoms with Crippen molar-refractivity contribution in [2.45, 2.75) is 64.4 Å². The highest BCUT2D eigenvalue weighted by Crippen LogP contribution is 2.25. The number of unbranched alkanes of at least 4 members (excludes halogenated alkanes) is 1. The van der Waals surface area contributed by atoms with Crippen LogP contribution < -0.4 is 14.9 Å². The Bertz CT molecular complexity index is 791. The fourth-order valence-corrected chi connectivity index (χ4v) is 3.96.